The van der Waals surface area contributed by atoms with Crippen molar-refractivity contribution in [2.75, 3.05) is 26.2 Å². The first-order valence-electron chi connectivity index (χ1n) is 13.3. The van der Waals surface area contributed by atoms with Crippen LogP contribution in [-0.2, 0) is 17.6 Å². The summed E-state index contributed by atoms with van der Waals surface area (Å²) in [7, 11) is 0. The Morgan fingerprint density at radius 3 is 2.51 bits per heavy atom. The van der Waals surface area contributed by atoms with Gasteiger partial charge in [-0.2, -0.15) is 0 Å². The van der Waals surface area contributed by atoms with Crippen LogP contribution < -0.4 is 15.4 Å². The molecule has 2 heterocycles. The Morgan fingerprint density at radius 1 is 0.949 bits per heavy atom. The molecular weight excluding hydrogens is 506 g/mol. The van der Waals surface area contributed by atoms with Crippen molar-refractivity contribution in [1.29, 1.82) is 0 Å². The van der Waals surface area contributed by atoms with Crippen LogP contribution in [0.4, 0.5) is 0 Å². The number of nitrogens with one attached hydrogen (secondary N) is 2. The highest BCUT2D eigenvalue weighted by Crippen LogP contribution is 2.38. The van der Waals surface area contributed by atoms with Crippen molar-refractivity contribution in [3.63, 3.8) is 0 Å². The van der Waals surface area contributed by atoms with Gasteiger partial charge in [-0.15, -0.1) is 11.3 Å². The zero-order valence-corrected chi connectivity index (χ0v) is 22.9. The van der Waals surface area contributed by atoms with Crippen LogP contribution in [0.1, 0.15) is 27.7 Å². The number of carbonyl (C=O) groups excluding carboxylic acids is 2. The number of nitrogens with zero attached hydrogens (tertiary/aromatic N) is 1. The highest BCUT2D eigenvalue weighted by atomic mass is 32.1. The Balaban J connectivity index is 1.40. The lowest BCUT2D eigenvalue weighted by Gasteiger charge is -2.36. The zero-order chi connectivity index (χ0) is 27.0. The molecule has 3 aromatic carbocycles. The summed E-state index contributed by atoms with van der Waals surface area (Å²) in [6.07, 6.45) is 1.47. The first kappa shape index (κ1) is 26.7. The first-order valence-corrected chi connectivity index (χ1v) is 14.2. The lowest BCUT2D eigenvalue weighted by molar-refractivity contribution is -0.118. The molecule has 200 valence electrons. The van der Waals surface area contributed by atoms with Crippen LogP contribution in [0.2, 0.25) is 0 Å². The van der Waals surface area contributed by atoms with Gasteiger partial charge in [0, 0.05) is 50.3 Å². The van der Waals surface area contributed by atoms with Crippen LogP contribution in [0.15, 0.2) is 90.3 Å². The highest BCUT2D eigenvalue weighted by Gasteiger charge is 2.30. The summed E-state index contributed by atoms with van der Waals surface area (Å²) in [5.41, 5.74) is 4.00. The molecule has 6 nitrogen and oxygen atoms in total. The monoisotopic (exact) mass is 539 g/mol. The second-order valence-electron chi connectivity index (χ2n) is 9.65. The van der Waals surface area contributed by atoms with E-state index in [0.29, 0.717) is 25.3 Å². The van der Waals surface area contributed by atoms with E-state index in [1.165, 1.54) is 23.8 Å². The number of thiophene rings is 1. The smallest absolute Gasteiger partial charge is 0.264 e. The number of ether oxygens (including phenoxy) is 1. The van der Waals surface area contributed by atoms with Gasteiger partial charge in [-0.05, 0) is 47.5 Å². The minimum Gasteiger partial charge on any atom is -0.456 e. The van der Waals surface area contributed by atoms with Crippen LogP contribution >= 0.6 is 11.3 Å². The molecule has 1 fully saturated rings. The number of rotatable bonds is 9. The number of hydrogen-bond acceptors (Lipinski definition) is 5. The molecule has 0 unspecified atom stereocenters. The molecule has 1 saturated heterocycles. The van der Waals surface area contributed by atoms with Gasteiger partial charge in [0.2, 0.25) is 5.91 Å². The molecule has 2 amide bonds. The van der Waals surface area contributed by atoms with Crippen LogP contribution in [0.5, 0.6) is 11.5 Å². The molecule has 1 atom stereocenters. The quantitative estimate of drug-likeness (QED) is 0.293. The first-order chi connectivity index (χ1) is 19.1. The van der Waals surface area contributed by atoms with Gasteiger partial charge in [0.05, 0.1) is 4.88 Å². The van der Waals surface area contributed by atoms with Gasteiger partial charge in [-0.3, -0.25) is 9.59 Å². The van der Waals surface area contributed by atoms with E-state index in [2.05, 4.69) is 22.8 Å². The number of piperazine rings is 1. The van der Waals surface area contributed by atoms with Crippen molar-refractivity contribution < 1.29 is 14.3 Å². The largest absolute Gasteiger partial charge is 0.456 e. The number of para-hydroxylation sites is 2. The molecule has 0 radical (unpaired) electrons. The second kappa shape index (κ2) is 12.7. The van der Waals surface area contributed by atoms with E-state index < -0.39 is 0 Å². The molecular formula is C32H33N3O3S. The summed E-state index contributed by atoms with van der Waals surface area (Å²) in [5, 5.41) is 8.29. The van der Waals surface area contributed by atoms with Crippen molar-refractivity contribution >= 4 is 23.2 Å². The van der Waals surface area contributed by atoms with E-state index in [1.807, 2.05) is 83.1 Å². The summed E-state index contributed by atoms with van der Waals surface area (Å²) in [4.78, 5) is 28.1. The number of carbonyl (C=O) groups is 2. The van der Waals surface area contributed by atoms with E-state index >= 15 is 0 Å². The van der Waals surface area contributed by atoms with Crippen LogP contribution in [0.3, 0.4) is 0 Å². The van der Waals surface area contributed by atoms with Crippen LogP contribution in [-0.4, -0.2) is 48.9 Å². The number of hydrogen-bond donors (Lipinski definition) is 2. The molecule has 39 heavy (non-hydrogen) atoms. The molecule has 0 bridgehead atoms. The van der Waals surface area contributed by atoms with Crippen molar-refractivity contribution in [2.45, 2.75) is 25.8 Å². The molecule has 1 aliphatic rings. The maximum atomic E-state index is 14.0. The molecule has 1 aromatic heterocycles. The summed E-state index contributed by atoms with van der Waals surface area (Å²) in [5.74, 6) is 1.44. The minimum atomic E-state index is -0.0520. The van der Waals surface area contributed by atoms with Crippen molar-refractivity contribution in [3.05, 3.63) is 106 Å². The maximum absolute atomic E-state index is 14.0. The van der Waals surface area contributed by atoms with Crippen molar-refractivity contribution in [1.82, 2.24) is 15.5 Å². The van der Waals surface area contributed by atoms with Gasteiger partial charge in [-0.25, -0.2) is 0 Å². The molecule has 7 heteroatoms. The molecule has 0 aliphatic carbocycles. The van der Waals surface area contributed by atoms with E-state index in [1.54, 1.807) is 0 Å². The zero-order valence-electron chi connectivity index (χ0n) is 22.1. The fourth-order valence-electron chi connectivity index (χ4n) is 4.99. The van der Waals surface area contributed by atoms with Gasteiger partial charge in [0.25, 0.3) is 5.91 Å². The lowest BCUT2D eigenvalue weighted by Crippen LogP contribution is -2.54. The summed E-state index contributed by atoms with van der Waals surface area (Å²) < 4.78 is 6.46. The topological polar surface area (TPSA) is 70.7 Å². The lowest BCUT2D eigenvalue weighted by atomic mass is 10.0. The Kier molecular flexibility index (Phi) is 8.71. The molecule has 4 aromatic rings. The fourth-order valence-corrected chi connectivity index (χ4v) is 5.86. The molecule has 0 spiro atoms. The summed E-state index contributed by atoms with van der Waals surface area (Å²) in [6.45, 7) is 4.29. The normalized spacial score (nSPS) is 15.1. The standard InChI is InChI=1S/C32H33N3O3S/c1-23(36)34-17-15-25-11-5-7-13-29(25)38-30-14-8-6-12-27(30)28-16-20-39-31(28)32(37)35-19-18-33-22-26(35)21-24-9-3-2-4-10-24/h2-14,16,20,26,33H,15,17-19,21-22H2,1H3,(H,34,36)/t26-/m1/s1. The average Bonchev–Trinajstić information content (AvgIpc) is 3.44. The predicted octanol–water partition coefficient (Wildman–Crippen LogP) is 5.54. The fraction of sp³-hybridized carbons (Fsp3) is 0.250. The average molecular weight is 540 g/mol. The molecule has 5 rings (SSSR count). The predicted molar refractivity (Wildman–Crippen MR) is 156 cm³/mol. The molecule has 2 N–H and O–H groups in total. The van der Waals surface area contributed by atoms with E-state index in [0.717, 1.165) is 46.8 Å². The van der Waals surface area contributed by atoms with Gasteiger partial charge in [0.15, 0.2) is 0 Å². The minimum absolute atomic E-state index is 0.0520. The van der Waals surface area contributed by atoms with E-state index in [4.69, 9.17) is 4.74 Å². The van der Waals surface area contributed by atoms with Gasteiger partial charge in [0.1, 0.15) is 11.5 Å². The Hall–Kier alpha value is -3.94. The third-order valence-corrected chi connectivity index (χ3v) is 7.83. The molecule has 1 aliphatic heterocycles. The van der Waals surface area contributed by atoms with Gasteiger partial charge >= 0.3 is 0 Å². The van der Waals surface area contributed by atoms with Crippen molar-refractivity contribution in [2.24, 2.45) is 0 Å². The number of amides is 2. The third-order valence-electron chi connectivity index (χ3n) is 6.92. The Labute approximate surface area is 233 Å². The molecule has 0 saturated carbocycles. The van der Waals surface area contributed by atoms with Crippen LogP contribution in [0, 0.1) is 0 Å². The van der Waals surface area contributed by atoms with E-state index in [9.17, 15) is 9.59 Å². The van der Waals surface area contributed by atoms with Crippen molar-refractivity contribution in [3.8, 4) is 22.6 Å². The summed E-state index contributed by atoms with van der Waals surface area (Å²) >= 11 is 1.48. The number of benzene rings is 3. The third kappa shape index (κ3) is 6.56. The van der Waals surface area contributed by atoms with Crippen LogP contribution in [0.25, 0.3) is 11.1 Å². The highest BCUT2D eigenvalue weighted by molar-refractivity contribution is 7.12. The summed E-state index contributed by atoms with van der Waals surface area (Å²) in [6, 6.07) is 28.2. The van der Waals surface area contributed by atoms with E-state index in [-0.39, 0.29) is 17.9 Å². The SMILES string of the molecule is CC(=O)NCCc1ccccc1Oc1ccccc1-c1ccsc1C(=O)N1CCNC[C@H]1Cc1ccccc1. The Morgan fingerprint density at radius 2 is 1.69 bits per heavy atom. The van der Waals surface area contributed by atoms with Gasteiger partial charge in [-0.1, -0.05) is 66.7 Å². The second-order valence-corrected chi connectivity index (χ2v) is 10.6. The van der Waals surface area contributed by atoms with Gasteiger partial charge < -0.3 is 20.3 Å². The maximum Gasteiger partial charge on any atom is 0.264 e. The Bertz CT molecular complexity index is 1420.